The number of aliphatic hydroxyl groups is 1. The zero-order valence-corrected chi connectivity index (χ0v) is 16.4. The fraction of sp³-hybridized carbons (Fsp3) is 0.684. The van der Waals surface area contributed by atoms with Crippen molar-refractivity contribution < 1.29 is 26.7 Å². The molecule has 0 heterocycles. The van der Waals surface area contributed by atoms with Crippen molar-refractivity contribution in [2.75, 3.05) is 20.2 Å². The van der Waals surface area contributed by atoms with Crippen LogP contribution in [0.4, 0.5) is 13.2 Å². The van der Waals surface area contributed by atoms with E-state index in [1.165, 1.54) is 11.4 Å². The molecule has 1 aromatic rings. The molecule has 0 bridgehead atoms. The first kappa shape index (κ1) is 22.2. The molecule has 0 spiro atoms. The molecule has 4 nitrogen and oxygen atoms in total. The Morgan fingerprint density at radius 2 is 1.59 bits per heavy atom. The van der Waals surface area contributed by atoms with E-state index in [-0.39, 0.29) is 17.4 Å². The molecular weight excluding hydrogens is 379 g/mol. The quantitative estimate of drug-likeness (QED) is 0.654. The Hall–Kier alpha value is -1.12. The molecule has 0 radical (unpaired) electrons. The highest BCUT2D eigenvalue weighted by molar-refractivity contribution is 7.89. The topological polar surface area (TPSA) is 57.6 Å². The number of unbranched alkanes of at least 4 members (excludes halogenated alkanes) is 1. The first-order chi connectivity index (χ1) is 12.6. The molecule has 1 aliphatic rings. The molecule has 0 aromatic heterocycles. The zero-order valence-electron chi connectivity index (χ0n) is 15.6. The molecule has 1 N–H and O–H groups in total. The van der Waals surface area contributed by atoms with Gasteiger partial charge in [-0.2, -0.15) is 13.2 Å². The summed E-state index contributed by atoms with van der Waals surface area (Å²) in [4.78, 5) is -0.115. The predicted molar refractivity (Wildman–Crippen MR) is 97.6 cm³/mol. The number of hydrogen-bond acceptors (Lipinski definition) is 3. The van der Waals surface area contributed by atoms with E-state index < -0.39 is 21.8 Å². The highest BCUT2D eigenvalue weighted by atomic mass is 32.2. The molecule has 0 unspecified atom stereocenters. The smallest absolute Gasteiger partial charge is 0.396 e. The van der Waals surface area contributed by atoms with E-state index >= 15 is 0 Å². The average molecular weight is 407 g/mol. The lowest BCUT2D eigenvalue weighted by molar-refractivity contribution is -0.137. The van der Waals surface area contributed by atoms with Crippen LogP contribution in [-0.2, 0) is 16.2 Å². The maximum absolute atomic E-state index is 12.6. The highest BCUT2D eigenvalue weighted by Gasteiger charge is 2.32. The van der Waals surface area contributed by atoms with Gasteiger partial charge in [-0.3, -0.25) is 0 Å². The standard InChI is InChI=1S/C19H28F3NO3S/c1-23(14-16-7-5-15(6-8-16)4-2-3-13-24)27(25,26)18-11-9-17(10-12-18)19(20,21)22/h9-12,15-16,24H,2-8,13-14H2,1H3/t15-,16-. The Labute approximate surface area is 159 Å². The van der Waals surface area contributed by atoms with E-state index in [0.29, 0.717) is 12.5 Å². The summed E-state index contributed by atoms with van der Waals surface area (Å²) in [5.74, 6) is 0.915. The van der Waals surface area contributed by atoms with Gasteiger partial charge in [0.2, 0.25) is 10.0 Å². The van der Waals surface area contributed by atoms with E-state index in [2.05, 4.69) is 0 Å². The number of sulfonamides is 1. The van der Waals surface area contributed by atoms with E-state index in [1.54, 1.807) is 0 Å². The van der Waals surface area contributed by atoms with Crippen molar-refractivity contribution in [1.82, 2.24) is 4.31 Å². The SMILES string of the molecule is CN(C[C@H]1CC[C@H](CCCCO)CC1)S(=O)(=O)c1ccc(C(F)(F)F)cc1. The van der Waals surface area contributed by atoms with Gasteiger partial charge in [-0.05, 0) is 55.4 Å². The summed E-state index contributed by atoms with van der Waals surface area (Å²) in [6, 6.07) is 3.65. The number of benzene rings is 1. The fourth-order valence-electron chi connectivity index (χ4n) is 3.71. The van der Waals surface area contributed by atoms with Gasteiger partial charge in [-0.25, -0.2) is 12.7 Å². The van der Waals surface area contributed by atoms with Gasteiger partial charge in [0.15, 0.2) is 0 Å². The largest absolute Gasteiger partial charge is 0.416 e. The number of hydrogen-bond donors (Lipinski definition) is 1. The van der Waals surface area contributed by atoms with Crippen molar-refractivity contribution in [2.45, 2.75) is 56.0 Å². The minimum absolute atomic E-state index is 0.115. The van der Waals surface area contributed by atoms with Gasteiger partial charge in [0.1, 0.15) is 0 Å². The molecular formula is C19H28F3NO3S. The van der Waals surface area contributed by atoms with Crippen LogP contribution in [0.15, 0.2) is 29.2 Å². The molecule has 0 atom stereocenters. The molecule has 1 aliphatic carbocycles. The first-order valence-electron chi connectivity index (χ1n) is 9.39. The van der Waals surface area contributed by atoms with Crippen molar-refractivity contribution in [3.05, 3.63) is 29.8 Å². The number of halogens is 3. The van der Waals surface area contributed by atoms with Crippen LogP contribution in [-0.4, -0.2) is 38.0 Å². The minimum atomic E-state index is -4.48. The lowest BCUT2D eigenvalue weighted by Crippen LogP contribution is -2.33. The third-order valence-corrected chi connectivity index (χ3v) is 7.23. The van der Waals surface area contributed by atoms with E-state index in [1.807, 2.05) is 0 Å². The van der Waals surface area contributed by atoms with Crippen LogP contribution in [0.1, 0.15) is 50.5 Å². The maximum Gasteiger partial charge on any atom is 0.416 e. The van der Waals surface area contributed by atoms with Gasteiger partial charge in [0, 0.05) is 20.2 Å². The Kier molecular flexibility index (Phi) is 7.71. The van der Waals surface area contributed by atoms with Crippen LogP contribution in [0.5, 0.6) is 0 Å². The summed E-state index contributed by atoms with van der Waals surface area (Å²) in [5, 5.41) is 8.84. The second-order valence-electron chi connectivity index (χ2n) is 7.41. The molecule has 8 heteroatoms. The summed E-state index contributed by atoms with van der Waals surface area (Å²) < 4.78 is 64.4. The summed E-state index contributed by atoms with van der Waals surface area (Å²) in [6.07, 6.45) is 2.50. The Bertz CT molecular complexity index is 681. The number of alkyl halides is 3. The lowest BCUT2D eigenvalue weighted by atomic mass is 9.80. The summed E-state index contributed by atoms with van der Waals surface area (Å²) in [5.41, 5.74) is -0.858. The lowest BCUT2D eigenvalue weighted by Gasteiger charge is -2.31. The van der Waals surface area contributed by atoms with Crippen molar-refractivity contribution in [2.24, 2.45) is 11.8 Å². The van der Waals surface area contributed by atoms with E-state index in [0.717, 1.165) is 69.2 Å². The zero-order chi connectivity index (χ0) is 20.1. The molecule has 1 fully saturated rings. The Morgan fingerprint density at radius 1 is 1.04 bits per heavy atom. The second-order valence-corrected chi connectivity index (χ2v) is 9.46. The van der Waals surface area contributed by atoms with Gasteiger partial charge in [0.25, 0.3) is 0 Å². The number of aliphatic hydroxyl groups excluding tert-OH is 1. The summed E-state index contributed by atoms with van der Waals surface area (Å²) >= 11 is 0. The Balaban J connectivity index is 1.90. The van der Waals surface area contributed by atoms with Crippen molar-refractivity contribution in [1.29, 1.82) is 0 Å². The van der Waals surface area contributed by atoms with E-state index in [4.69, 9.17) is 5.11 Å². The number of nitrogens with zero attached hydrogens (tertiary/aromatic N) is 1. The highest BCUT2D eigenvalue weighted by Crippen LogP contribution is 2.33. The molecule has 0 aliphatic heterocycles. The average Bonchev–Trinajstić information content (AvgIpc) is 2.62. The molecule has 2 rings (SSSR count). The second kappa shape index (κ2) is 9.39. The van der Waals surface area contributed by atoms with Gasteiger partial charge < -0.3 is 5.11 Å². The van der Waals surface area contributed by atoms with Crippen LogP contribution in [0, 0.1) is 11.8 Å². The molecule has 1 aromatic carbocycles. The van der Waals surface area contributed by atoms with Crippen LogP contribution >= 0.6 is 0 Å². The molecule has 154 valence electrons. The van der Waals surface area contributed by atoms with Crippen LogP contribution in [0.3, 0.4) is 0 Å². The molecule has 1 saturated carbocycles. The third-order valence-electron chi connectivity index (χ3n) is 5.39. The van der Waals surface area contributed by atoms with Gasteiger partial charge >= 0.3 is 6.18 Å². The van der Waals surface area contributed by atoms with Crippen LogP contribution in [0.2, 0.25) is 0 Å². The van der Waals surface area contributed by atoms with Crippen molar-refractivity contribution in [3.63, 3.8) is 0 Å². The fourth-order valence-corrected chi connectivity index (χ4v) is 4.95. The minimum Gasteiger partial charge on any atom is -0.396 e. The normalized spacial score (nSPS) is 21.6. The summed E-state index contributed by atoms with van der Waals surface area (Å²) in [6.45, 7) is 0.606. The number of rotatable bonds is 8. The molecule has 27 heavy (non-hydrogen) atoms. The molecule has 0 amide bonds. The van der Waals surface area contributed by atoms with Gasteiger partial charge in [-0.1, -0.05) is 25.7 Å². The van der Waals surface area contributed by atoms with Gasteiger partial charge in [-0.15, -0.1) is 0 Å². The monoisotopic (exact) mass is 407 g/mol. The molecule has 0 saturated heterocycles. The van der Waals surface area contributed by atoms with Gasteiger partial charge in [0.05, 0.1) is 10.5 Å². The van der Waals surface area contributed by atoms with Crippen molar-refractivity contribution >= 4 is 10.0 Å². The first-order valence-corrected chi connectivity index (χ1v) is 10.8. The van der Waals surface area contributed by atoms with Crippen molar-refractivity contribution in [3.8, 4) is 0 Å². The predicted octanol–water partition coefficient (Wildman–Crippen LogP) is 4.29. The Morgan fingerprint density at radius 3 is 2.11 bits per heavy atom. The van der Waals surface area contributed by atoms with E-state index in [9.17, 15) is 21.6 Å². The maximum atomic E-state index is 12.6. The third kappa shape index (κ3) is 6.19. The summed E-state index contributed by atoms with van der Waals surface area (Å²) in [7, 11) is -2.31. The van der Waals surface area contributed by atoms with Crippen LogP contribution < -0.4 is 0 Å². The van der Waals surface area contributed by atoms with Crippen LogP contribution in [0.25, 0.3) is 0 Å².